The number of β-lactam (4-membered cyclic amide) rings is 1. The molecule has 0 bridgehead atoms. The van der Waals surface area contributed by atoms with E-state index in [0.29, 0.717) is 11.1 Å². The molecule has 0 spiro atoms. The Balaban J connectivity index is 2.08. The highest BCUT2D eigenvalue weighted by atomic mass is 35.5. The van der Waals surface area contributed by atoms with Crippen molar-refractivity contribution in [2.75, 3.05) is 0 Å². The van der Waals surface area contributed by atoms with Crippen LogP contribution in [0.25, 0.3) is 0 Å². The number of Topliss-reactive ketones (excluding diaryl/α,β-unsaturated/α-hetero) is 1. The molecule has 1 N–H and O–H groups in total. The fourth-order valence-electron chi connectivity index (χ4n) is 5.06. The lowest BCUT2D eigenvalue weighted by molar-refractivity contribution is -0.166. The molecule has 1 fully saturated rings. The average molecular weight is 502 g/mol. The third-order valence-corrected chi connectivity index (χ3v) is 9.57. The Hall–Kier alpha value is -2.97. The molecule has 2 aliphatic rings. The maximum atomic E-state index is 14.0. The number of ketones is 1. The number of carboxylic acid groups (broad SMARTS) is 1. The van der Waals surface area contributed by atoms with Gasteiger partial charge in [-0.3, -0.25) is 4.79 Å². The summed E-state index contributed by atoms with van der Waals surface area (Å²) in [6, 6.07) is 17.8. The van der Waals surface area contributed by atoms with Crippen LogP contribution >= 0.6 is 11.6 Å². The molecule has 0 radical (unpaired) electrons. The van der Waals surface area contributed by atoms with Crippen LogP contribution in [0.15, 0.2) is 71.1 Å². The van der Waals surface area contributed by atoms with Crippen LogP contribution in [0.4, 0.5) is 0 Å². The Labute approximate surface area is 202 Å². The van der Waals surface area contributed by atoms with Gasteiger partial charge in [-0.1, -0.05) is 60.7 Å². The number of halogens is 1. The minimum absolute atomic E-state index is 0.0205. The fourth-order valence-corrected chi connectivity index (χ4v) is 8.13. The number of sulfone groups is 1. The highest BCUT2D eigenvalue weighted by molar-refractivity contribution is 7.96. The van der Waals surface area contributed by atoms with Gasteiger partial charge in [-0.2, -0.15) is 0 Å². The quantitative estimate of drug-likeness (QED) is 0.459. The maximum absolute atomic E-state index is 14.0. The van der Waals surface area contributed by atoms with Crippen LogP contribution in [0.2, 0.25) is 0 Å². The Kier molecular flexibility index (Phi) is 6.16. The second kappa shape index (κ2) is 8.67. The number of carbonyl (C=O) groups is 3. The van der Waals surface area contributed by atoms with Crippen LogP contribution in [0.1, 0.15) is 43.7 Å². The number of hydrogen-bond donors (Lipinski definition) is 1. The molecule has 0 aliphatic carbocycles. The Morgan fingerprint density at radius 3 is 2.00 bits per heavy atom. The molecule has 7 nitrogen and oxygen atoms in total. The van der Waals surface area contributed by atoms with Crippen molar-refractivity contribution in [3.05, 3.63) is 82.3 Å². The molecule has 4 rings (SSSR count). The second-order valence-electron chi connectivity index (χ2n) is 8.66. The second-order valence-corrected chi connectivity index (χ2v) is 11.1. The molecular weight excluding hydrogens is 478 g/mol. The lowest BCUT2D eigenvalue weighted by atomic mass is 9.77. The third kappa shape index (κ3) is 3.47. The predicted molar refractivity (Wildman–Crippen MR) is 127 cm³/mol. The molecule has 2 heterocycles. The normalized spacial score (nSPS) is 25.6. The predicted octanol–water partition coefficient (Wildman–Crippen LogP) is 3.49. The molecule has 2 aromatic rings. The molecule has 1 amide bonds. The molecule has 2 aromatic carbocycles. The summed E-state index contributed by atoms with van der Waals surface area (Å²) in [5, 5.41) is 7.50. The number of allylic oxidation sites excluding steroid dienone is 1. The van der Waals surface area contributed by atoms with Crippen LogP contribution in [-0.2, 0) is 24.2 Å². The van der Waals surface area contributed by atoms with Gasteiger partial charge in [0.05, 0.1) is 4.91 Å². The molecule has 0 aromatic heterocycles. The van der Waals surface area contributed by atoms with Crippen molar-refractivity contribution in [3.8, 4) is 0 Å². The summed E-state index contributed by atoms with van der Waals surface area (Å²) in [4.78, 5) is 38.2. The van der Waals surface area contributed by atoms with Crippen molar-refractivity contribution >= 4 is 39.1 Å². The molecule has 2 aliphatic heterocycles. The first-order valence-electron chi connectivity index (χ1n) is 10.8. The van der Waals surface area contributed by atoms with Gasteiger partial charge in [-0.15, -0.1) is 11.6 Å². The van der Waals surface area contributed by atoms with Crippen molar-refractivity contribution in [2.24, 2.45) is 0 Å². The number of rotatable bonds is 7. The van der Waals surface area contributed by atoms with Crippen molar-refractivity contribution in [2.45, 2.75) is 48.9 Å². The first kappa shape index (κ1) is 24.2. The number of carbonyl (C=O) groups excluding carboxylic acids is 2. The summed E-state index contributed by atoms with van der Waals surface area (Å²) < 4.78 is 28.0. The molecule has 34 heavy (non-hydrogen) atoms. The zero-order chi connectivity index (χ0) is 24.8. The first-order chi connectivity index (χ1) is 16.0. The van der Waals surface area contributed by atoms with Crippen LogP contribution in [0, 0.1) is 0 Å². The van der Waals surface area contributed by atoms with Crippen LogP contribution < -0.4 is 0 Å². The van der Waals surface area contributed by atoms with Gasteiger partial charge in [-0.25, -0.2) is 13.2 Å². The van der Waals surface area contributed by atoms with Gasteiger partial charge in [-0.05, 0) is 37.0 Å². The largest absolute Gasteiger partial charge is 0.479 e. The van der Waals surface area contributed by atoms with Gasteiger partial charge >= 0.3 is 5.97 Å². The van der Waals surface area contributed by atoms with Gasteiger partial charge in [0.15, 0.2) is 20.8 Å². The Morgan fingerprint density at radius 2 is 1.56 bits per heavy atom. The van der Waals surface area contributed by atoms with Crippen LogP contribution in [-0.4, -0.2) is 52.4 Å². The molecule has 178 valence electrons. The number of hydrogen-bond acceptors (Lipinski definition) is 5. The van der Waals surface area contributed by atoms with E-state index in [0.717, 1.165) is 4.90 Å². The highest BCUT2D eigenvalue weighted by Crippen LogP contribution is 2.53. The summed E-state index contributed by atoms with van der Waals surface area (Å²) in [6.07, 6.45) is -0.383. The molecule has 3 atom stereocenters. The zero-order valence-corrected chi connectivity index (χ0v) is 20.2. The summed E-state index contributed by atoms with van der Waals surface area (Å²) >= 11 is 6.21. The van der Waals surface area contributed by atoms with Gasteiger partial charge in [0, 0.05) is 12.3 Å². The Bertz CT molecular complexity index is 1250. The smallest absolute Gasteiger partial charge is 0.334 e. The van der Waals surface area contributed by atoms with E-state index < -0.39 is 43.9 Å². The number of nitrogens with zero attached hydrogens (tertiary/aromatic N) is 1. The number of amides is 1. The minimum atomic E-state index is -4.23. The Morgan fingerprint density at radius 1 is 1.06 bits per heavy atom. The number of carboxylic acids is 1. The molecule has 0 saturated carbocycles. The maximum Gasteiger partial charge on any atom is 0.334 e. The van der Waals surface area contributed by atoms with E-state index >= 15 is 0 Å². The van der Waals surface area contributed by atoms with E-state index in [1.165, 1.54) is 13.8 Å². The van der Waals surface area contributed by atoms with Crippen LogP contribution in [0.3, 0.4) is 0 Å². The summed E-state index contributed by atoms with van der Waals surface area (Å²) in [5.74, 6) is -3.24. The molecular formula is C25H24ClNO6S. The highest BCUT2D eigenvalue weighted by Gasteiger charge is 2.69. The lowest BCUT2D eigenvalue weighted by Gasteiger charge is -2.57. The SMILES string of the molecule is CC(=O)CCC1(C(=O)O)C(C)=C(C(c2ccccc2)c2ccccc2)S(=O)(=O)[C@@H]2[C@@H](Cl)C(=O)N21. The number of benzene rings is 2. The summed E-state index contributed by atoms with van der Waals surface area (Å²) in [7, 11) is -4.23. The van der Waals surface area contributed by atoms with Crippen LogP contribution in [0.5, 0.6) is 0 Å². The zero-order valence-electron chi connectivity index (χ0n) is 18.6. The number of aliphatic carboxylic acids is 1. The molecule has 1 unspecified atom stereocenters. The monoisotopic (exact) mass is 501 g/mol. The average Bonchev–Trinajstić information content (AvgIpc) is 2.81. The molecule has 1 saturated heterocycles. The lowest BCUT2D eigenvalue weighted by Crippen LogP contribution is -2.77. The number of fused-ring (bicyclic) bond motifs is 1. The van der Waals surface area contributed by atoms with Gasteiger partial charge in [0.25, 0.3) is 0 Å². The first-order valence-corrected chi connectivity index (χ1v) is 12.8. The van der Waals surface area contributed by atoms with Crippen molar-refractivity contribution in [1.29, 1.82) is 0 Å². The van der Waals surface area contributed by atoms with E-state index in [1.54, 1.807) is 60.7 Å². The number of alkyl halides is 1. The van der Waals surface area contributed by atoms with Gasteiger partial charge < -0.3 is 14.8 Å². The van der Waals surface area contributed by atoms with Gasteiger partial charge in [0.1, 0.15) is 11.2 Å². The summed E-state index contributed by atoms with van der Waals surface area (Å²) in [6.45, 7) is 2.76. The topological polar surface area (TPSA) is 109 Å². The third-order valence-electron chi connectivity index (χ3n) is 6.72. The van der Waals surface area contributed by atoms with E-state index in [9.17, 15) is 27.9 Å². The van der Waals surface area contributed by atoms with Crippen molar-refractivity contribution in [1.82, 2.24) is 4.90 Å². The standard InChI is InChI=1S/C25H24ClNO6S/c1-15(28)13-14-25(24(30)31)16(2)21(34(32,33)23-20(26)22(29)27(23)25)19(17-9-5-3-6-10-17)18-11-7-4-8-12-18/h3-12,19-20,23H,13-14H2,1-2H3,(H,30,31)/t20-,23+,25?/m0/s1. The van der Waals surface area contributed by atoms with E-state index in [4.69, 9.17) is 11.6 Å². The fraction of sp³-hybridized carbons (Fsp3) is 0.320. The van der Waals surface area contributed by atoms with E-state index in [2.05, 4.69) is 0 Å². The minimum Gasteiger partial charge on any atom is -0.479 e. The molecule has 9 heteroatoms. The van der Waals surface area contributed by atoms with Gasteiger partial charge in [0.2, 0.25) is 5.91 Å². The van der Waals surface area contributed by atoms with Crippen molar-refractivity contribution in [3.63, 3.8) is 0 Å². The van der Waals surface area contributed by atoms with E-state index in [-0.39, 0.29) is 29.1 Å². The summed E-state index contributed by atoms with van der Waals surface area (Å²) in [5.41, 5.74) is -0.668. The van der Waals surface area contributed by atoms with Crippen molar-refractivity contribution < 1.29 is 27.9 Å². The van der Waals surface area contributed by atoms with E-state index in [1.807, 2.05) is 0 Å².